The SMILES string of the molecule is C=CCN(CC(=O)N(CCc1ccc(OC)c(OC)c1)Cc1sccc1C)C(=O)Nc1cccc(C#N)c1. The molecule has 3 amide bonds. The van der Waals surface area contributed by atoms with Crippen molar-refractivity contribution in [2.75, 3.05) is 39.2 Å². The number of hydrogen-bond acceptors (Lipinski definition) is 6. The number of nitrogens with zero attached hydrogens (tertiary/aromatic N) is 3. The first-order valence-electron chi connectivity index (χ1n) is 12.1. The van der Waals surface area contributed by atoms with Gasteiger partial charge in [0.05, 0.1) is 32.4 Å². The van der Waals surface area contributed by atoms with E-state index in [0.717, 1.165) is 16.0 Å². The van der Waals surface area contributed by atoms with Crippen LogP contribution < -0.4 is 14.8 Å². The minimum Gasteiger partial charge on any atom is -0.493 e. The van der Waals surface area contributed by atoms with Gasteiger partial charge in [-0.05, 0) is 66.2 Å². The number of rotatable bonds is 12. The molecule has 1 N–H and O–H groups in total. The Balaban J connectivity index is 1.76. The van der Waals surface area contributed by atoms with E-state index in [1.54, 1.807) is 60.8 Å². The number of methoxy groups -OCH3 is 2. The highest BCUT2D eigenvalue weighted by Crippen LogP contribution is 2.28. The lowest BCUT2D eigenvalue weighted by atomic mass is 10.1. The number of anilines is 1. The van der Waals surface area contributed by atoms with E-state index in [9.17, 15) is 9.59 Å². The first-order valence-corrected chi connectivity index (χ1v) is 12.9. The molecule has 3 aromatic rings. The third-order valence-corrected chi connectivity index (χ3v) is 6.99. The summed E-state index contributed by atoms with van der Waals surface area (Å²) in [7, 11) is 3.18. The van der Waals surface area contributed by atoms with Crippen molar-refractivity contribution in [2.24, 2.45) is 0 Å². The fourth-order valence-electron chi connectivity index (χ4n) is 3.84. The highest BCUT2D eigenvalue weighted by molar-refractivity contribution is 7.10. The first kappa shape index (κ1) is 28.3. The summed E-state index contributed by atoms with van der Waals surface area (Å²) in [6.45, 7) is 6.74. The van der Waals surface area contributed by atoms with Crippen LogP contribution in [0.15, 0.2) is 66.6 Å². The molecule has 0 aliphatic carbocycles. The summed E-state index contributed by atoms with van der Waals surface area (Å²) in [5, 5.41) is 13.9. The summed E-state index contributed by atoms with van der Waals surface area (Å²) >= 11 is 1.60. The Morgan fingerprint density at radius 2 is 1.89 bits per heavy atom. The van der Waals surface area contributed by atoms with Crippen LogP contribution in [-0.2, 0) is 17.8 Å². The topological polar surface area (TPSA) is 94.9 Å². The number of nitriles is 1. The van der Waals surface area contributed by atoms with E-state index in [0.29, 0.717) is 42.3 Å². The molecule has 198 valence electrons. The molecule has 1 heterocycles. The number of aryl methyl sites for hydroxylation is 1. The fourth-order valence-corrected chi connectivity index (χ4v) is 4.76. The molecule has 0 aliphatic rings. The van der Waals surface area contributed by atoms with Gasteiger partial charge in [0.1, 0.15) is 6.54 Å². The maximum Gasteiger partial charge on any atom is 0.322 e. The highest BCUT2D eigenvalue weighted by Gasteiger charge is 2.22. The Bertz CT molecular complexity index is 1310. The summed E-state index contributed by atoms with van der Waals surface area (Å²) < 4.78 is 10.7. The molecule has 0 atom stereocenters. The molecule has 2 aromatic carbocycles. The summed E-state index contributed by atoms with van der Waals surface area (Å²) in [6.07, 6.45) is 2.18. The lowest BCUT2D eigenvalue weighted by molar-refractivity contribution is -0.132. The molecule has 0 fully saturated rings. The van der Waals surface area contributed by atoms with Crippen molar-refractivity contribution in [3.8, 4) is 17.6 Å². The number of carbonyl (C=O) groups is 2. The molecule has 0 spiro atoms. The third-order valence-electron chi connectivity index (χ3n) is 5.98. The van der Waals surface area contributed by atoms with E-state index in [4.69, 9.17) is 14.7 Å². The van der Waals surface area contributed by atoms with Crippen molar-refractivity contribution in [1.29, 1.82) is 5.26 Å². The molecule has 1 aromatic heterocycles. The molecule has 38 heavy (non-hydrogen) atoms. The van der Waals surface area contributed by atoms with Crippen LogP contribution in [0.25, 0.3) is 0 Å². The minimum absolute atomic E-state index is 0.119. The Morgan fingerprint density at radius 1 is 1.11 bits per heavy atom. The Labute approximate surface area is 227 Å². The molecular weight excluding hydrogens is 500 g/mol. The lowest BCUT2D eigenvalue weighted by Crippen LogP contribution is -2.44. The Hall–Kier alpha value is -4.29. The van der Waals surface area contributed by atoms with E-state index >= 15 is 0 Å². The van der Waals surface area contributed by atoms with Crippen LogP contribution in [0, 0.1) is 18.3 Å². The number of ether oxygens (including phenoxy) is 2. The largest absolute Gasteiger partial charge is 0.493 e. The van der Waals surface area contributed by atoms with Crippen LogP contribution in [0.1, 0.15) is 21.6 Å². The molecule has 0 saturated carbocycles. The van der Waals surface area contributed by atoms with Crippen LogP contribution in [0.2, 0.25) is 0 Å². The molecular formula is C29H32N4O4S. The standard InChI is InChI=1S/C29H32N4O4S/c1-5-13-33(29(35)31-24-8-6-7-23(16-24)18-30)20-28(34)32(19-27-21(2)12-15-38-27)14-11-22-9-10-25(36-3)26(17-22)37-4/h5-10,12,15-17H,1,11,13-14,19-20H2,2-4H3,(H,31,35). The number of carbonyl (C=O) groups excluding carboxylic acids is 2. The Morgan fingerprint density at radius 3 is 2.55 bits per heavy atom. The number of amides is 3. The summed E-state index contributed by atoms with van der Waals surface area (Å²) in [6, 6.07) is 16.0. The van der Waals surface area contributed by atoms with E-state index in [2.05, 4.69) is 18.0 Å². The average Bonchev–Trinajstić information content (AvgIpc) is 3.34. The number of hydrogen-bond donors (Lipinski definition) is 1. The second-order valence-electron chi connectivity index (χ2n) is 8.57. The van der Waals surface area contributed by atoms with Gasteiger partial charge < -0.3 is 24.6 Å². The van der Waals surface area contributed by atoms with Gasteiger partial charge in [-0.1, -0.05) is 18.2 Å². The molecule has 0 bridgehead atoms. The molecule has 0 radical (unpaired) electrons. The quantitative estimate of drug-likeness (QED) is 0.322. The van der Waals surface area contributed by atoms with Gasteiger partial charge in [0, 0.05) is 23.7 Å². The monoisotopic (exact) mass is 532 g/mol. The van der Waals surface area contributed by atoms with Gasteiger partial charge in [-0.15, -0.1) is 17.9 Å². The van der Waals surface area contributed by atoms with Crippen LogP contribution in [0.5, 0.6) is 11.5 Å². The second kappa shape index (κ2) is 13.9. The van der Waals surface area contributed by atoms with E-state index in [1.165, 1.54) is 4.90 Å². The predicted molar refractivity (Wildman–Crippen MR) is 150 cm³/mol. The van der Waals surface area contributed by atoms with E-state index in [1.807, 2.05) is 36.6 Å². The predicted octanol–water partition coefficient (Wildman–Crippen LogP) is 5.24. The molecule has 9 heteroatoms. The van der Waals surface area contributed by atoms with Crippen molar-refractivity contribution >= 4 is 29.0 Å². The number of thiophene rings is 1. The van der Waals surface area contributed by atoms with Crippen molar-refractivity contribution in [1.82, 2.24) is 9.80 Å². The zero-order valence-corrected chi connectivity index (χ0v) is 22.7. The molecule has 0 unspecified atom stereocenters. The molecule has 0 aliphatic heterocycles. The molecule has 8 nitrogen and oxygen atoms in total. The van der Waals surface area contributed by atoms with Gasteiger partial charge in [-0.25, -0.2) is 4.79 Å². The lowest BCUT2D eigenvalue weighted by Gasteiger charge is -2.27. The zero-order chi connectivity index (χ0) is 27.5. The van der Waals surface area contributed by atoms with Crippen LogP contribution in [0.3, 0.4) is 0 Å². The average molecular weight is 533 g/mol. The van der Waals surface area contributed by atoms with Gasteiger partial charge in [0.15, 0.2) is 11.5 Å². The van der Waals surface area contributed by atoms with Crippen LogP contribution >= 0.6 is 11.3 Å². The summed E-state index contributed by atoms with van der Waals surface area (Å²) in [5.74, 6) is 1.09. The molecule has 0 saturated heterocycles. The maximum absolute atomic E-state index is 13.6. The Kier molecular flexibility index (Phi) is 10.3. The van der Waals surface area contributed by atoms with Gasteiger partial charge >= 0.3 is 6.03 Å². The first-order chi connectivity index (χ1) is 18.4. The number of nitrogens with one attached hydrogen (secondary N) is 1. The van der Waals surface area contributed by atoms with Crippen molar-refractivity contribution in [2.45, 2.75) is 19.9 Å². The fraction of sp³-hybridized carbons (Fsp3) is 0.276. The zero-order valence-electron chi connectivity index (χ0n) is 21.9. The van der Waals surface area contributed by atoms with Gasteiger partial charge in [0.2, 0.25) is 5.91 Å². The smallest absolute Gasteiger partial charge is 0.322 e. The summed E-state index contributed by atoms with van der Waals surface area (Å²) in [4.78, 5) is 30.9. The van der Waals surface area contributed by atoms with Crippen molar-refractivity contribution in [3.63, 3.8) is 0 Å². The highest BCUT2D eigenvalue weighted by atomic mass is 32.1. The normalized spacial score (nSPS) is 10.3. The van der Waals surface area contributed by atoms with E-state index in [-0.39, 0.29) is 19.0 Å². The van der Waals surface area contributed by atoms with Crippen molar-refractivity contribution < 1.29 is 19.1 Å². The number of urea groups is 1. The maximum atomic E-state index is 13.6. The van der Waals surface area contributed by atoms with Crippen LogP contribution in [0.4, 0.5) is 10.5 Å². The van der Waals surface area contributed by atoms with Gasteiger partial charge in [0.25, 0.3) is 0 Å². The van der Waals surface area contributed by atoms with Gasteiger partial charge in [-0.2, -0.15) is 5.26 Å². The molecule has 3 rings (SSSR count). The third kappa shape index (κ3) is 7.60. The number of benzene rings is 2. The summed E-state index contributed by atoms with van der Waals surface area (Å²) in [5.41, 5.74) is 3.04. The van der Waals surface area contributed by atoms with Crippen molar-refractivity contribution in [3.05, 3.63) is 88.1 Å². The minimum atomic E-state index is -0.444. The van der Waals surface area contributed by atoms with E-state index < -0.39 is 6.03 Å². The van der Waals surface area contributed by atoms with Crippen LogP contribution in [-0.4, -0.2) is 55.6 Å². The van der Waals surface area contributed by atoms with Gasteiger partial charge in [-0.3, -0.25) is 4.79 Å². The second-order valence-corrected chi connectivity index (χ2v) is 9.57.